The molecule has 0 aliphatic rings. The summed E-state index contributed by atoms with van der Waals surface area (Å²) in [4.78, 5) is 26.6. The molecule has 36 heavy (non-hydrogen) atoms. The molecule has 0 bridgehead atoms. The highest BCUT2D eigenvalue weighted by Crippen LogP contribution is 2.26. The Morgan fingerprint density at radius 2 is 1.56 bits per heavy atom. The molecule has 9 heteroatoms. The summed E-state index contributed by atoms with van der Waals surface area (Å²) in [6.07, 6.45) is 0. The smallest absolute Gasteiger partial charge is 0.255 e. The quantitative estimate of drug-likeness (QED) is 0.399. The molecule has 0 radical (unpaired) electrons. The van der Waals surface area contributed by atoms with Gasteiger partial charge in [-0.25, -0.2) is 0 Å². The van der Waals surface area contributed by atoms with Crippen molar-refractivity contribution in [1.82, 2.24) is 20.2 Å². The minimum atomic E-state index is -0.330. The fraction of sp³-hybridized carbons (Fsp3) is 0.222. The number of carbonyl (C=O) groups excluding carboxylic acids is 2. The van der Waals surface area contributed by atoms with Crippen LogP contribution in [0.25, 0.3) is 11.4 Å². The molecule has 2 N–H and O–H groups in total. The second-order valence-electron chi connectivity index (χ2n) is 9.22. The number of carbonyl (C=O) groups is 2. The maximum atomic E-state index is 12.9. The van der Waals surface area contributed by atoms with Gasteiger partial charge in [-0.05, 0) is 52.6 Å². The summed E-state index contributed by atoms with van der Waals surface area (Å²) < 4.78 is 5.26. The summed E-state index contributed by atoms with van der Waals surface area (Å²) in [6, 6.07) is 21.9. The van der Waals surface area contributed by atoms with Crippen molar-refractivity contribution in [3.8, 4) is 17.1 Å². The van der Waals surface area contributed by atoms with Gasteiger partial charge in [0.1, 0.15) is 12.3 Å². The van der Waals surface area contributed by atoms with Gasteiger partial charge in [0.25, 0.3) is 5.91 Å². The van der Waals surface area contributed by atoms with Crippen molar-refractivity contribution >= 4 is 23.2 Å². The average molecular weight is 485 g/mol. The van der Waals surface area contributed by atoms with Gasteiger partial charge in [-0.2, -0.15) is 4.80 Å². The van der Waals surface area contributed by atoms with Crippen LogP contribution >= 0.6 is 0 Å². The Labute approximate surface area is 209 Å². The molecule has 0 atom stereocenters. The molecule has 0 unspecified atom stereocenters. The summed E-state index contributed by atoms with van der Waals surface area (Å²) in [6.45, 7) is 6.24. The lowest BCUT2D eigenvalue weighted by Crippen LogP contribution is -2.20. The van der Waals surface area contributed by atoms with E-state index in [1.54, 1.807) is 30.3 Å². The van der Waals surface area contributed by atoms with E-state index in [1.165, 1.54) is 11.9 Å². The Hall–Kier alpha value is -4.53. The number of para-hydroxylation sites is 3. The number of ether oxygens (including phenoxy) is 1. The molecule has 0 saturated carbocycles. The molecule has 4 rings (SSSR count). The van der Waals surface area contributed by atoms with Gasteiger partial charge < -0.3 is 15.4 Å². The Morgan fingerprint density at radius 1 is 0.889 bits per heavy atom. The highest BCUT2D eigenvalue weighted by atomic mass is 16.5. The van der Waals surface area contributed by atoms with Crippen molar-refractivity contribution in [2.24, 2.45) is 0 Å². The second kappa shape index (κ2) is 10.4. The molecule has 0 saturated heterocycles. The van der Waals surface area contributed by atoms with Crippen molar-refractivity contribution in [2.75, 3.05) is 17.7 Å². The minimum Gasteiger partial charge on any atom is -0.495 e. The summed E-state index contributed by atoms with van der Waals surface area (Å²) in [5.41, 5.74) is 3.38. The first kappa shape index (κ1) is 24.6. The van der Waals surface area contributed by atoms with Crippen LogP contribution in [0.4, 0.5) is 11.4 Å². The highest BCUT2D eigenvalue weighted by molar-refractivity contribution is 6.06. The Morgan fingerprint density at radius 3 is 2.25 bits per heavy atom. The van der Waals surface area contributed by atoms with Crippen LogP contribution in [0.2, 0.25) is 0 Å². The number of hydrogen-bond donors (Lipinski definition) is 2. The number of rotatable bonds is 7. The van der Waals surface area contributed by atoms with Crippen LogP contribution in [-0.2, 0) is 16.8 Å². The number of benzene rings is 3. The Bertz CT molecular complexity index is 1370. The fourth-order valence-corrected chi connectivity index (χ4v) is 3.59. The van der Waals surface area contributed by atoms with Gasteiger partial charge >= 0.3 is 0 Å². The highest BCUT2D eigenvalue weighted by Gasteiger charge is 2.17. The van der Waals surface area contributed by atoms with Crippen LogP contribution in [0.5, 0.6) is 5.75 Å². The second-order valence-corrected chi connectivity index (χ2v) is 9.22. The standard InChI is InChI=1S/C27H28N6O3/c1-27(2,3)19-15-13-18(14-16-19)26(35)29-21-10-6-5-9-20(21)25-30-32-33(31-25)17-24(34)28-22-11-7-8-12-23(22)36-4/h5-16H,17H2,1-4H3,(H,28,34)(H,29,35). The van der Waals surface area contributed by atoms with Crippen LogP contribution in [0.3, 0.4) is 0 Å². The van der Waals surface area contributed by atoms with E-state index in [9.17, 15) is 9.59 Å². The van der Waals surface area contributed by atoms with Crippen LogP contribution in [-0.4, -0.2) is 39.1 Å². The first-order valence-electron chi connectivity index (χ1n) is 11.5. The molecule has 0 aliphatic carbocycles. The Balaban J connectivity index is 1.47. The lowest BCUT2D eigenvalue weighted by molar-refractivity contribution is -0.117. The SMILES string of the molecule is COc1ccccc1NC(=O)Cn1nnc(-c2ccccc2NC(=O)c2ccc(C(C)(C)C)cc2)n1. The van der Waals surface area contributed by atoms with Gasteiger partial charge in [-0.1, -0.05) is 57.2 Å². The number of nitrogens with one attached hydrogen (secondary N) is 2. The molecule has 0 aliphatic heterocycles. The average Bonchev–Trinajstić information content (AvgIpc) is 3.32. The third kappa shape index (κ3) is 5.75. The van der Waals surface area contributed by atoms with Crippen molar-refractivity contribution in [2.45, 2.75) is 32.7 Å². The third-order valence-electron chi connectivity index (χ3n) is 5.55. The minimum absolute atomic E-state index is 0.00314. The number of nitrogens with zero attached hydrogens (tertiary/aromatic N) is 4. The van der Waals surface area contributed by atoms with E-state index < -0.39 is 0 Å². The predicted molar refractivity (Wildman–Crippen MR) is 138 cm³/mol. The predicted octanol–water partition coefficient (Wildman–Crippen LogP) is 4.54. The monoisotopic (exact) mass is 484 g/mol. The lowest BCUT2D eigenvalue weighted by atomic mass is 9.86. The molecule has 2 amide bonds. The van der Waals surface area contributed by atoms with Crippen LogP contribution in [0, 0.1) is 0 Å². The first-order valence-corrected chi connectivity index (χ1v) is 11.5. The molecule has 0 spiro atoms. The molecule has 3 aromatic carbocycles. The number of methoxy groups -OCH3 is 1. The maximum absolute atomic E-state index is 12.9. The number of tetrazole rings is 1. The van der Waals surface area contributed by atoms with Crippen molar-refractivity contribution in [3.63, 3.8) is 0 Å². The summed E-state index contributed by atoms with van der Waals surface area (Å²) in [5.74, 6) is 0.269. The molecule has 4 aromatic rings. The van der Waals surface area contributed by atoms with Gasteiger partial charge in [0.2, 0.25) is 11.7 Å². The molecule has 184 valence electrons. The molecule has 9 nitrogen and oxygen atoms in total. The van der Waals surface area contributed by atoms with Gasteiger partial charge in [0, 0.05) is 11.1 Å². The zero-order valence-corrected chi connectivity index (χ0v) is 20.6. The van der Waals surface area contributed by atoms with Crippen molar-refractivity contribution < 1.29 is 14.3 Å². The van der Waals surface area contributed by atoms with Crippen molar-refractivity contribution in [3.05, 3.63) is 83.9 Å². The van der Waals surface area contributed by atoms with E-state index >= 15 is 0 Å². The summed E-state index contributed by atoms with van der Waals surface area (Å²) in [5, 5.41) is 18.1. The topological polar surface area (TPSA) is 111 Å². The normalized spacial score (nSPS) is 11.1. The molecular formula is C27H28N6O3. The van der Waals surface area contributed by atoms with Gasteiger partial charge in [0.15, 0.2) is 0 Å². The zero-order chi connectivity index (χ0) is 25.7. The van der Waals surface area contributed by atoms with E-state index in [4.69, 9.17) is 4.74 Å². The van der Waals surface area contributed by atoms with E-state index in [-0.39, 0.29) is 23.8 Å². The molecule has 0 fully saturated rings. The van der Waals surface area contributed by atoms with Crippen LogP contribution < -0.4 is 15.4 Å². The first-order chi connectivity index (χ1) is 17.2. The third-order valence-corrected chi connectivity index (χ3v) is 5.55. The molecular weight excluding hydrogens is 456 g/mol. The number of anilines is 2. The number of hydrogen-bond acceptors (Lipinski definition) is 6. The summed E-state index contributed by atoms with van der Waals surface area (Å²) in [7, 11) is 1.54. The Kier molecular flexibility index (Phi) is 7.10. The molecule has 1 aromatic heterocycles. The maximum Gasteiger partial charge on any atom is 0.255 e. The lowest BCUT2D eigenvalue weighted by Gasteiger charge is -2.19. The van der Waals surface area contributed by atoms with E-state index in [1.807, 2.05) is 42.5 Å². The summed E-state index contributed by atoms with van der Waals surface area (Å²) >= 11 is 0. The van der Waals surface area contributed by atoms with Gasteiger partial charge in [-0.15, -0.1) is 10.2 Å². The van der Waals surface area contributed by atoms with Crippen LogP contribution in [0.15, 0.2) is 72.8 Å². The number of amides is 2. The molecule has 1 heterocycles. The zero-order valence-electron chi connectivity index (χ0n) is 20.6. The fourth-order valence-electron chi connectivity index (χ4n) is 3.59. The van der Waals surface area contributed by atoms with E-state index in [2.05, 4.69) is 46.8 Å². The van der Waals surface area contributed by atoms with E-state index in [0.717, 1.165) is 5.56 Å². The van der Waals surface area contributed by atoms with Crippen LogP contribution in [0.1, 0.15) is 36.7 Å². The van der Waals surface area contributed by atoms with Gasteiger partial charge in [-0.3, -0.25) is 9.59 Å². The van der Waals surface area contributed by atoms with Gasteiger partial charge in [0.05, 0.1) is 18.5 Å². The number of aromatic nitrogens is 4. The van der Waals surface area contributed by atoms with E-state index in [0.29, 0.717) is 34.1 Å². The largest absolute Gasteiger partial charge is 0.495 e. The van der Waals surface area contributed by atoms with Crippen molar-refractivity contribution in [1.29, 1.82) is 0 Å².